The summed E-state index contributed by atoms with van der Waals surface area (Å²) in [6.45, 7) is 4.71. The Bertz CT molecular complexity index is 782. The zero-order valence-electron chi connectivity index (χ0n) is 14.3. The first-order chi connectivity index (χ1) is 12.3. The number of nitrogens with one attached hydrogen (secondary N) is 3. The summed E-state index contributed by atoms with van der Waals surface area (Å²) in [6.07, 6.45) is 0.821. The predicted octanol–water partition coefficient (Wildman–Crippen LogP) is 3.59. The first-order valence-corrected chi connectivity index (χ1v) is 9.53. The minimum Gasteiger partial charge on any atom is -0.350 e. The highest BCUT2D eigenvalue weighted by molar-refractivity contribution is 7.15. The average molecular weight is 416 g/mol. The lowest BCUT2D eigenvalue weighted by Gasteiger charge is -2.07. The van der Waals surface area contributed by atoms with E-state index in [0.717, 1.165) is 11.4 Å². The number of carbonyl (C=O) groups is 2. The Morgan fingerprint density at radius 1 is 1.12 bits per heavy atom. The van der Waals surface area contributed by atoms with Gasteiger partial charge in [0.1, 0.15) is 5.01 Å². The Hall–Kier alpha value is -1.90. The van der Waals surface area contributed by atoms with Gasteiger partial charge in [-0.25, -0.2) is 4.79 Å². The molecule has 140 valence electrons. The van der Waals surface area contributed by atoms with Crippen LogP contribution in [0.2, 0.25) is 10.0 Å². The van der Waals surface area contributed by atoms with Crippen LogP contribution < -0.4 is 16.0 Å². The van der Waals surface area contributed by atoms with Gasteiger partial charge in [0, 0.05) is 25.1 Å². The molecule has 3 amide bonds. The molecule has 2 aromatic rings. The summed E-state index contributed by atoms with van der Waals surface area (Å²) in [6, 6.07) is 4.22. The monoisotopic (exact) mass is 415 g/mol. The molecule has 0 aliphatic heterocycles. The molecule has 0 aliphatic carbocycles. The standard InChI is InChI=1S/C16H19Cl2N5O2S/c1-9(2)7-13-22-23-16(26-13)21-15(25)20-6-5-19-14(24)10-3-4-11(17)12(18)8-10/h3-4,8-9H,5-7H2,1-2H3,(H,19,24)(H2,20,21,23,25). The minimum atomic E-state index is -0.402. The number of hydrogen-bond acceptors (Lipinski definition) is 5. The molecule has 10 heteroatoms. The minimum absolute atomic E-state index is 0.260. The molecule has 0 spiro atoms. The predicted molar refractivity (Wildman–Crippen MR) is 104 cm³/mol. The van der Waals surface area contributed by atoms with E-state index in [1.54, 1.807) is 12.1 Å². The normalized spacial score (nSPS) is 10.7. The van der Waals surface area contributed by atoms with Gasteiger partial charge in [-0.15, -0.1) is 10.2 Å². The number of amides is 3. The van der Waals surface area contributed by atoms with Gasteiger partial charge in [-0.3, -0.25) is 10.1 Å². The van der Waals surface area contributed by atoms with Crippen molar-refractivity contribution in [1.82, 2.24) is 20.8 Å². The van der Waals surface area contributed by atoms with Gasteiger partial charge in [-0.2, -0.15) is 0 Å². The van der Waals surface area contributed by atoms with Gasteiger partial charge in [0.25, 0.3) is 5.91 Å². The topological polar surface area (TPSA) is 96.0 Å². The van der Waals surface area contributed by atoms with E-state index in [9.17, 15) is 9.59 Å². The third-order valence-corrected chi connectivity index (χ3v) is 4.75. The third kappa shape index (κ3) is 6.44. The average Bonchev–Trinajstić information content (AvgIpc) is 3.00. The molecule has 0 atom stereocenters. The van der Waals surface area contributed by atoms with E-state index >= 15 is 0 Å². The maximum atomic E-state index is 12.0. The number of nitrogens with zero attached hydrogens (tertiary/aromatic N) is 2. The molecule has 0 radical (unpaired) electrons. The van der Waals surface area contributed by atoms with E-state index < -0.39 is 6.03 Å². The number of carbonyl (C=O) groups excluding carboxylic acids is 2. The molecule has 1 aromatic heterocycles. The zero-order valence-corrected chi connectivity index (χ0v) is 16.6. The van der Waals surface area contributed by atoms with Gasteiger partial charge in [0.05, 0.1) is 10.0 Å². The summed E-state index contributed by atoms with van der Waals surface area (Å²) in [4.78, 5) is 23.8. The molecule has 7 nitrogen and oxygen atoms in total. The van der Waals surface area contributed by atoms with E-state index in [-0.39, 0.29) is 19.0 Å². The van der Waals surface area contributed by atoms with Crippen molar-refractivity contribution in [3.05, 3.63) is 38.8 Å². The molecular formula is C16H19Cl2N5O2S. The first kappa shape index (κ1) is 20.4. The van der Waals surface area contributed by atoms with Crippen molar-refractivity contribution < 1.29 is 9.59 Å². The maximum absolute atomic E-state index is 12.0. The highest BCUT2D eigenvalue weighted by atomic mass is 35.5. The highest BCUT2D eigenvalue weighted by Gasteiger charge is 2.10. The lowest BCUT2D eigenvalue weighted by molar-refractivity contribution is 0.0954. The summed E-state index contributed by atoms with van der Waals surface area (Å²) in [5.74, 6) is 0.178. The van der Waals surface area contributed by atoms with E-state index in [0.29, 0.717) is 26.7 Å². The fraction of sp³-hybridized carbons (Fsp3) is 0.375. The van der Waals surface area contributed by atoms with Crippen LogP contribution in [-0.2, 0) is 6.42 Å². The number of aromatic nitrogens is 2. The van der Waals surface area contributed by atoms with E-state index in [4.69, 9.17) is 23.2 Å². The van der Waals surface area contributed by atoms with Crippen LogP contribution >= 0.6 is 34.5 Å². The van der Waals surface area contributed by atoms with Crippen LogP contribution in [0.3, 0.4) is 0 Å². The highest BCUT2D eigenvalue weighted by Crippen LogP contribution is 2.22. The SMILES string of the molecule is CC(C)Cc1nnc(NC(=O)NCCNC(=O)c2ccc(Cl)c(Cl)c2)s1. The van der Waals surface area contributed by atoms with E-state index in [2.05, 4.69) is 40.0 Å². The summed E-state index contributed by atoms with van der Waals surface area (Å²) in [5, 5.41) is 17.9. The Morgan fingerprint density at radius 3 is 2.54 bits per heavy atom. The molecular weight excluding hydrogens is 397 g/mol. The molecule has 0 saturated carbocycles. The number of hydrogen-bond donors (Lipinski definition) is 3. The quantitative estimate of drug-likeness (QED) is 0.601. The van der Waals surface area contributed by atoms with Crippen LogP contribution in [0.4, 0.5) is 9.93 Å². The van der Waals surface area contributed by atoms with E-state index in [1.807, 2.05) is 0 Å². The third-order valence-electron chi connectivity index (χ3n) is 3.15. The van der Waals surface area contributed by atoms with Crippen molar-refractivity contribution >= 4 is 51.6 Å². The summed E-state index contributed by atoms with van der Waals surface area (Å²) in [7, 11) is 0. The van der Waals surface area contributed by atoms with Crippen LogP contribution in [-0.4, -0.2) is 35.2 Å². The summed E-state index contributed by atoms with van der Waals surface area (Å²) < 4.78 is 0. The maximum Gasteiger partial charge on any atom is 0.321 e. The van der Waals surface area contributed by atoms with Crippen LogP contribution in [0, 0.1) is 5.92 Å². The summed E-state index contributed by atoms with van der Waals surface area (Å²) in [5.41, 5.74) is 0.399. The van der Waals surface area contributed by atoms with Crippen LogP contribution in [0.15, 0.2) is 18.2 Å². The number of halogens is 2. The molecule has 1 aromatic carbocycles. The smallest absolute Gasteiger partial charge is 0.321 e. The first-order valence-electron chi connectivity index (χ1n) is 7.95. The Labute approximate surface area is 165 Å². The Kier molecular flexibility index (Phi) is 7.62. The second kappa shape index (κ2) is 9.70. The fourth-order valence-electron chi connectivity index (χ4n) is 1.97. The molecule has 0 aliphatic rings. The van der Waals surface area contributed by atoms with Gasteiger partial charge < -0.3 is 10.6 Å². The van der Waals surface area contributed by atoms with Crippen molar-refractivity contribution in [2.24, 2.45) is 5.92 Å². The Balaban J connectivity index is 1.70. The van der Waals surface area contributed by atoms with Crippen LogP contribution in [0.5, 0.6) is 0 Å². The lowest BCUT2D eigenvalue weighted by atomic mass is 10.1. The molecule has 0 unspecified atom stereocenters. The van der Waals surface area contributed by atoms with Gasteiger partial charge in [-0.05, 0) is 24.1 Å². The second-order valence-electron chi connectivity index (χ2n) is 5.86. The van der Waals surface area contributed by atoms with E-state index in [1.165, 1.54) is 17.4 Å². The van der Waals surface area contributed by atoms with Crippen molar-refractivity contribution in [1.29, 1.82) is 0 Å². The summed E-state index contributed by atoms with van der Waals surface area (Å²) >= 11 is 13.0. The molecule has 2 rings (SSSR count). The number of urea groups is 1. The Morgan fingerprint density at radius 2 is 1.85 bits per heavy atom. The fourth-order valence-corrected chi connectivity index (χ4v) is 3.21. The van der Waals surface area contributed by atoms with Crippen molar-refractivity contribution in [2.75, 3.05) is 18.4 Å². The largest absolute Gasteiger partial charge is 0.350 e. The van der Waals surface area contributed by atoms with Crippen molar-refractivity contribution in [3.63, 3.8) is 0 Å². The van der Waals surface area contributed by atoms with Crippen LogP contribution in [0.1, 0.15) is 29.2 Å². The molecule has 0 bridgehead atoms. The van der Waals surface area contributed by atoms with Gasteiger partial charge in [0.15, 0.2) is 0 Å². The second-order valence-corrected chi connectivity index (χ2v) is 7.74. The van der Waals surface area contributed by atoms with Crippen molar-refractivity contribution in [2.45, 2.75) is 20.3 Å². The number of benzene rings is 1. The van der Waals surface area contributed by atoms with Crippen molar-refractivity contribution in [3.8, 4) is 0 Å². The molecule has 0 saturated heterocycles. The van der Waals surface area contributed by atoms with Gasteiger partial charge in [0.2, 0.25) is 5.13 Å². The molecule has 0 fully saturated rings. The van der Waals surface area contributed by atoms with Crippen LogP contribution in [0.25, 0.3) is 0 Å². The van der Waals surface area contributed by atoms with Gasteiger partial charge >= 0.3 is 6.03 Å². The molecule has 3 N–H and O–H groups in total. The van der Waals surface area contributed by atoms with Gasteiger partial charge in [-0.1, -0.05) is 48.4 Å². The number of rotatable bonds is 7. The lowest BCUT2D eigenvalue weighted by Crippen LogP contribution is -2.36. The molecule has 1 heterocycles. The number of anilines is 1. The molecule has 26 heavy (non-hydrogen) atoms. The zero-order chi connectivity index (χ0) is 19.1.